The van der Waals surface area contributed by atoms with E-state index >= 15 is 0 Å². The number of rotatable bonds is 5. The topological polar surface area (TPSA) is 68.3 Å². The zero-order chi connectivity index (χ0) is 21.0. The van der Waals surface area contributed by atoms with E-state index in [0.717, 1.165) is 19.5 Å². The minimum absolute atomic E-state index is 0.0179. The molecule has 1 aromatic carbocycles. The predicted molar refractivity (Wildman–Crippen MR) is 110 cm³/mol. The summed E-state index contributed by atoms with van der Waals surface area (Å²) in [5.74, 6) is 2.16. The van der Waals surface area contributed by atoms with Crippen LogP contribution in [0.2, 0.25) is 0 Å². The maximum atomic E-state index is 13.0. The molecule has 0 saturated carbocycles. The first kappa shape index (κ1) is 21.3. The smallest absolute Gasteiger partial charge is 0.254 e. The highest BCUT2D eigenvalue weighted by Gasteiger charge is 2.32. The fourth-order valence-corrected chi connectivity index (χ4v) is 4.36. The van der Waals surface area contributed by atoms with E-state index in [2.05, 4.69) is 6.92 Å². The number of nitrogens with zero attached hydrogens (tertiary/aromatic N) is 2. The van der Waals surface area contributed by atoms with Crippen LogP contribution in [0, 0.1) is 11.8 Å². The fraction of sp³-hybridized carbons (Fsp3) is 0.636. The summed E-state index contributed by atoms with van der Waals surface area (Å²) in [6, 6.07) is 3.35. The normalized spacial score (nSPS) is 20.3. The molecule has 1 aromatic rings. The number of ether oxygens (including phenoxy) is 3. The third-order valence-electron chi connectivity index (χ3n) is 6.01. The molecule has 29 heavy (non-hydrogen) atoms. The number of amides is 2. The second-order valence-electron chi connectivity index (χ2n) is 8.01. The van der Waals surface area contributed by atoms with Gasteiger partial charge in [-0.3, -0.25) is 9.59 Å². The summed E-state index contributed by atoms with van der Waals surface area (Å²) in [7, 11) is 4.60. The molecule has 2 aliphatic heterocycles. The van der Waals surface area contributed by atoms with Gasteiger partial charge in [0.1, 0.15) is 0 Å². The molecule has 0 aliphatic carbocycles. The van der Waals surface area contributed by atoms with Crippen LogP contribution in [0.15, 0.2) is 12.1 Å². The van der Waals surface area contributed by atoms with Crippen LogP contribution in [0.25, 0.3) is 0 Å². The van der Waals surface area contributed by atoms with E-state index in [-0.39, 0.29) is 17.7 Å². The van der Waals surface area contributed by atoms with Crippen molar-refractivity contribution in [1.82, 2.24) is 9.80 Å². The van der Waals surface area contributed by atoms with E-state index in [1.54, 1.807) is 12.1 Å². The molecule has 160 valence electrons. The zero-order valence-electron chi connectivity index (χ0n) is 17.9. The molecule has 2 saturated heterocycles. The Hall–Kier alpha value is -2.44. The van der Waals surface area contributed by atoms with Gasteiger partial charge in [0.2, 0.25) is 11.7 Å². The monoisotopic (exact) mass is 404 g/mol. The maximum Gasteiger partial charge on any atom is 0.254 e. The molecule has 1 atom stereocenters. The molecule has 7 nitrogen and oxygen atoms in total. The van der Waals surface area contributed by atoms with E-state index in [1.807, 2.05) is 9.80 Å². The highest BCUT2D eigenvalue weighted by molar-refractivity contribution is 5.96. The molecular weight excluding hydrogens is 372 g/mol. The van der Waals surface area contributed by atoms with Crippen LogP contribution in [-0.2, 0) is 4.79 Å². The molecule has 7 heteroatoms. The van der Waals surface area contributed by atoms with Gasteiger partial charge in [0, 0.05) is 37.7 Å². The lowest BCUT2D eigenvalue weighted by molar-refractivity contribution is -0.138. The van der Waals surface area contributed by atoms with Crippen LogP contribution < -0.4 is 14.2 Å². The SMILES string of the molecule is COc1cc(C(=O)N2CCC(C(=O)N3CCCC(C)C3)CC2)cc(OC)c1OC. The molecule has 0 N–H and O–H groups in total. The highest BCUT2D eigenvalue weighted by atomic mass is 16.5. The minimum Gasteiger partial charge on any atom is -0.493 e. The first-order valence-electron chi connectivity index (χ1n) is 10.4. The standard InChI is InChI=1S/C22H32N2O5/c1-15-6-5-9-24(14-15)21(25)16-7-10-23(11-8-16)22(26)17-12-18(27-2)20(29-4)19(13-17)28-3/h12-13,15-16H,5-11,14H2,1-4H3. The van der Waals surface area contributed by atoms with E-state index < -0.39 is 0 Å². The molecule has 3 rings (SSSR count). The van der Waals surface area contributed by atoms with Gasteiger partial charge < -0.3 is 24.0 Å². The van der Waals surface area contributed by atoms with E-state index in [9.17, 15) is 9.59 Å². The van der Waals surface area contributed by atoms with Crippen molar-refractivity contribution in [2.75, 3.05) is 47.5 Å². The van der Waals surface area contributed by atoms with Crippen LogP contribution >= 0.6 is 0 Å². The van der Waals surface area contributed by atoms with Crippen molar-refractivity contribution in [3.05, 3.63) is 17.7 Å². The van der Waals surface area contributed by atoms with Gasteiger partial charge in [-0.15, -0.1) is 0 Å². The van der Waals surface area contributed by atoms with Crippen molar-refractivity contribution < 1.29 is 23.8 Å². The number of hydrogen-bond acceptors (Lipinski definition) is 5. The van der Waals surface area contributed by atoms with Crippen LogP contribution in [-0.4, -0.2) is 69.1 Å². The molecule has 1 unspecified atom stereocenters. The Bertz CT molecular complexity index is 718. The van der Waals surface area contributed by atoms with Gasteiger partial charge in [-0.25, -0.2) is 0 Å². The third-order valence-corrected chi connectivity index (χ3v) is 6.01. The van der Waals surface area contributed by atoms with Crippen LogP contribution in [0.4, 0.5) is 0 Å². The molecule has 2 heterocycles. The van der Waals surface area contributed by atoms with E-state index in [4.69, 9.17) is 14.2 Å². The molecule has 0 radical (unpaired) electrons. The van der Waals surface area contributed by atoms with Crippen molar-refractivity contribution in [3.63, 3.8) is 0 Å². The van der Waals surface area contributed by atoms with Gasteiger partial charge in [-0.05, 0) is 43.7 Å². The Morgan fingerprint density at radius 2 is 1.52 bits per heavy atom. The van der Waals surface area contributed by atoms with Crippen LogP contribution in [0.1, 0.15) is 43.0 Å². The van der Waals surface area contributed by atoms with Crippen molar-refractivity contribution in [2.24, 2.45) is 11.8 Å². The Morgan fingerprint density at radius 3 is 2.03 bits per heavy atom. The number of benzene rings is 1. The summed E-state index contributed by atoms with van der Waals surface area (Å²) in [5, 5.41) is 0. The molecule has 0 spiro atoms. The van der Waals surface area contributed by atoms with Gasteiger partial charge in [-0.1, -0.05) is 6.92 Å². The van der Waals surface area contributed by atoms with Crippen molar-refractivity contribution in [1.29, 1.82) is 0 Å². The van der Waals surface area contributed by atoms with Gasteiger partial charge in [0.15, 0.2) is 11.5 Å². The Morgan fingerprint density at radius 1 is 0.897 bits per heavy atom. The van der Waals surface area contributed by atoms with E-state index in [0.29, 0.717) is 54.7 Å². The Balaban J connectivity index is 1.65. The number of methoxy groups -OCH3 is 3. The minimum atomic E-state index is -0.0817. The average molecular weight is 405 g/mol. The second-order valence-corrected chi connectivity index (χ2v) is 8.01. The van der Waals surface area contributed by atoms with Gasteiger partial charge in [0.05, 0.1) is 21.3 Å². The summed E-state index contributed by atoms with van der Waals surface area (Å²) in [6.45, 7) is 5.10. The Kier molecular flexibility index (Phi) is 6.87. The summed E-state index contributed by atoms with van der Waals surface area (Å²) in [6.07, 6.45) is 3.71. The lowest BCUT2D eigenvalue weighted by atomic mass is 9.92. The molecular formula is C22H32N2O5. The zero-order valence-corrected chi connectivity index (χ0v) is 17.9. The summed E-state index contributed by atoms with van der Waals surface area (Å²) in [5.41, 5.74) is 0.495. The van der Waals surface area contributed by atoms with Gasteiger partial charge >= 0.3 is 0 Å². The summed E-state index contributed by atoms with van der Waals surface area (Å²) in [4.78, 5) is 29.7. The maximum absolute atomic E-state index is 13.0. The molecule has 2 aliphatic rings. The number of likely N-dealkylation sites (tertiary alicyclic amines) is 2. The summed E-state index contributed by atoms with van der Waals surface area (Å²) >= 11 is 0. The lowest BCUT2D eigenvalue weighted by Gasteiger charge is -2.37. The van der Waals surface area contributed by atoms with Crippen molar-refractivity contribution in [2.45, 2.75) is 32.6 Å². The molecule has 0 bridgehead atoms. The van der Waals surface area contributed by atoms with Crippen LogP contribution in [0.5, 0.6) is 17.2 Å². The first-order valence-corrected chi connectivity index (χ1v) is 10.4. The van der Waals surface area contributed by atoms with Gasteiger partial charge in [0.25, 0.3) is 5.91 Å². The fourth-order valence-electron chi connectivity index (χ4n) is 4.36. The largest absolute Gasteiger partial charge is 0.493 e. The van der Waals surface area contributed by atoms with Crippen molar-refractivity contribution >= 4 is 11.8 Å². The first-order chi connectivity index (χ1) is 14.0. The lowest BCUT2D eigenvalue weighted by Crippen LogP contribution is -2.47. The average Bonchev–Trinajstić information content (AvgIpc) is 2.77. The van der Waals surface area contributed by atoms with Crippen LogP contribution in [0.3, 0.4) is 0 Å². The molecule has 2 amide bonds. The second kappa shape index (κ2) is 9.37. The van der Waals surface area contributed by atoms with Crippen molar-refractivity contribution in [3.8, 4) is 17.2 Å². The number of carbonyl (C=O) groups excluding carboxylic acids is 2. The molecule has 0 aromatic heterocycles. The predicted octanol–water partition coefficient (Wildman–Crippen LogP) is 2.82. The van der Waals surface area contributed by atoms with E-state index in [1.165, 1.54) is 27.8 Å². The number of carbonyl (C=O) groups is 2. The molecule has 2 fully saturated rings. The summed E-state index contributed by atoms with van der Waals surface area (Å²) < 4.78 is 16.0. The number of hydrogen-bond donors (Lipinski definition) is 0. The third kappa shape index (κ3) is 4.60. The van der Waals surface area contributed by atoms with Gasteiger partial charge in [-0.2, -0.15) is 0 Å². The highest BCUT2D eigenvalue weighted by Crippen LogP contribution is 2.38. The Labute approximate surface area is 172 Å². The number of piperidine rings is 2. The quantitative estimate of drug-likeness (QED) is 0.755.